The van der Waals surface area contributed by atoms with Crippen LogP contribution in [0.25, 0.3) is 0 Å². The highest BCUT2D eigenvalue weighted by Crippen LogP contribution is 2.68. The molecule has 22 heavy (non-hydrogen) atoms. The average Bonchev–Trinajstić information content (AvgIpc) is 2.70. The molecule has 0 amide bonds. The van der Waals surface area contributed by atoms with Gasteiger partial charge in [-0.15, -0.1) is 0 Å². The summed E-state index contributed by atoms with van der Waals surface area (Å²) in [5.41, 5.74) is 3.77. The zero-order chi connectivity index (χ0) is 16.1. The molecule has 3 aliphatic carbocycles. The molecule has 2 unspecified atom stereocenters. The molecular formula is C20H31NO. The number of fused-ring (bicyclic) bond motifs is 3. The Bertz CT molecular complexity index is 585. The lowest BCUT2D eigenvalue weighted by Crippen LogP contribution is -2.34. The maximum absolute atomic E-state index is 12.5. The molecule has 0 radical (unpaired) electrons. The van der Waals surface area contributed by atoms with Gasteiger partial charge in [0.25, 0.3) is 0 Å². The number of hydrogen-bond acceptors (Lipinski definition) is 2. The zero-order valence-electron chi connectivity index (χ0n) is 15.1. The molecule has 0 N–H and O–H groups in total. The summed E-state index contributed by atoms with van der Waals surface area (Å²) in [6.45, 7) is 15.4. The highest BCUT2D eigenvalue weighted by molar-refractivity contribution is 6.01. The van der Waals surface area contributed by atoms with Gasteiger partial charge in [-0.25, -0.2) is 0 Å². The van der Waals surface area contributed by atoms with E-state index in [1.54, 1.807) is 0 Å². The molecule has 122 valence electrons. The molecule has 4 fully saturated rings. The first kappa shape index (κ1) is 14.8. The second kappa shape index (κ2) is 3.99. The summed E-state index contributed by atoms with van der Waals surface area (Å²) in [5, 5.41) is 0. The number of nitrogens with zero attached hydrogens (tertiary/aromatic N) is 1. The van der Waals surface area contributed by atoms with Crippen molar-refractivity contribution in [1.82, 2.24) is 4.90 Å². The monoisotopic (exact) mass is 301 g/mol. The molecule has 0 aromatic heterocycles. The summed E-state index contributed by atoms with van der Waals surface area (Å²) in [7, 11) is 0. The van der Waals surface area contributed by atoms with Gasteiger partial charge in [-0.05, 0) is 54.3 Å². The number of carbonyl (C=O) groups excluding carboxylic acids is 1. The maximum Gasteiger partial charge on any atom is 0.161 e. The third-order valence-electron chi connectivity index (χ3n) is 7.30. The topological polar surface area (TPSA) is 20.3 Å². The Morgan fingerprint density at radius 3 is 2.45 bits per heavy atom. The number of ketones is 1. The van der Waals surface area contributed by atoms with Gasteiger partial charge in [0, 0.05) is 30.3 Å². The van der Waals surface area contributed by atoms with Crippen LogP contribution in [-0.4, -0.2) is 23.3 Å². The Morgan fingerprint density at radius 1 is 1.14 bits per heavy atom. The van der Waals surface area contributed by atoms with Crippen LogP contribution in [0.3, 0.4) is 0 Å². The summed E-state index contributed by atoms with van der Waals surface area (Å²) in [6, 6.07) is 0.648. The Labute approximate surface area is 135 Å². The summed E-state index contributed by atoms with van der Waals surface area (Å²) in [6.07, 6.45) is 4.71. The van der Waals surface area contributed by atoms with Crippen LogP contribution in [0.5, 0.6) is 0 Å². The van der Waals surface area contributed by atoms with E-state index in [2.05, 4.69) is 46.4 Å². The number of rotatable bonds is 1. The second-order valence-corrected chi connectivity index (χ2v) is 10.4. The van der Waals surface area contributed by atoms with Gasteiger partial charge in [0.1, 0.15) is 0 Å². The van der Waals surface area contributed by atoms with Gasteiger partial charge in [0.05, 0.1) is 0 Å². The van der Waals surface area contributed by atoms with E-state index in [4.69, 9.17) is 0 Å². The molecule has 1 saturated heterocycles. The summed E-state index contributed by atoms with van der Waals surface area (Å²) in [5.74, 6) is 1.61. The Balaban J connectivity index is 1.68. The standard InChI is InChI=1S/C20H31NO/c1-12(16-15(22)7-14-17(16)19(14,4)5)21-11-20(6)9-13(21)8-18(2,3)10-20/h13-14,17H,7-11H2,1-6H3/b16-12+/t13?,14-,17-,20?/m1/s1. The van der Waals surface area contributed by atoms with E-state index in [0.29, 0.717) is 39.9 Å². The SMILES string of the molecule is C/C(=C1/C(=O)C[C@@H]2[C@H]1C2(C)C)N1CC2(C)CC1CC(C)(C)C2. The van der Waals surface area contributed by atoms with Crippen molar-refractivity contribution in [3.63, 3.8) is 0 Å². The van der Waals surface area contributed by atoms with E-state index in [0.717, 1.165) is 13.0 Å². The van der Waals surface area contributed by atoms with Gasteiger partial charge in [-0.3, -0.25) is 4.79 Å². The molecule has 2 nitrogen and oxygen atoms in total. The molecule has 4 aliphatic rings. The largest absolute Gasteiger partial charge is 0.371 e. The third kappa shape index (κ3) is 1.88. The molecule has 2 heteroatoms. The first-order chi connectivity index (χ1) is 10.0. The zero-order valence-corrected chi connectivity index (χ0v) is 15.1. The normalized spacial score (nSPS) is 46.7. The van der Waals surface area contributed by atoms with Gasteiger partial charge in [-0.1, -0.05) is 34.6 Å². The van der Waals surface area contributed by atoms with Crippen LogP contribution in [0.15, 0.2) is 11.3 Å². The highest BCUT2D eigenvalue weighted by atomic mass is 16.1. The van der Waals surface area contributed by atoms with Crippen LogP contribution in [0, 0.1) is 28.1 Å². The van der Waals surface area contributed by atoms with Crippen molar-refractivity contribution in [2.45, 2.75) is 73.3 Å². The van der Waals surface area contributed by atoms with E-state index < -0.39 is 0 Å². The van der Waals surface area contributed by atoms with E-state index >= 15 is 0 Å². The molecule has 1 heterocycles. The van der Waals surface area contributed by atoms with Gasteiger partial charge >= 0.3 is 0 Å². The molecule has 4 rings (SSSR count). The summed E-state index contributed by atoms with van der Waals surface area (Å²) < 4.78 is 0. The van der Waals surface area contributed by atoms with Crippen LogP contribution >= 0.6 is 0 Å². The predicted octanol–water partition coefficient (Wildman–Crippen LogP) is 4.41. The number of hydrogen-bond donors (Lipinski definition) is 0. The minimum atomic E-state index is 0.364. The summed E-state index contributed by atoms with van der Waals surface area (Å²) >= 11 is 0. The van der Waals surface area contributed by atoms with Crippen molar-refractivity contribution in [2.24, 2.45) is 28.1 Å². The fraction of sp³-hybridized carbons (Fsp3) is 0.850. The molecule has 0 aromatic carbocycles. The van der Waals surface area contributed by atoms with Crippen LogP contribution in [0.2, 0.25) is 0 Å². The number of carbonyl (C=O) groups is 1. The molecule has 4 atom stereocenters. The van der Waals surface area contributed by atoms with Gasteiger partial charge in [0.2, 0.25) is 0 Å². The third-order valence-corrected chi connectivity index (χ3v) is 7.30. The minimum absolute atomic E-state index is 0.364. The van der Waals surface area contributed by atoms with Gasteiger partial charge in [-0.2, -0.15) is 0 Å². The van der Waals surface area contributed by atoms with Crippen molar-refractivity contribution in [1.29, 1.82) is 0 Å². The van der Waals surface area contributed by atoms with Crippen LogP contribution < -0.4 is 0 Å². The molecule has 0 spiro atoms. The maximum atomic E-state index is 12.5. The van der Waals surface area contributed by atoms with E-state index in [1.165, 1.54) is 30.5 Å². The lowest BCUT2D eigenvalue weighted by molar-refractivity contribution is -0.115. The fourth-order valence-electron chi connectivity index (χ4n) is 6.62. The predicted molar refractivity (Wildman–Crippen MR) is 89.3 cm³/mol. The van der Waals surface area contributed by atoms with E-state index in [1.807, 2.05) is 0 Å². The van der Waals surface area contributed by atoms with Crippen molar-refractivity contribution in [2.75, 3.05) is 6.54 Å². The molecular weight excluding hydrogens is 270 g/mol. The number of allylic oxidation sites excluding steroid dienone is 2. The smallest absolute Gasteiger partial charge is 0.161 e. The van der Waals surface area contributed by atoms with Crippen LogP contribution in [-0.2, 0) is 4.79 Å². The molecule has 3 saturated carbocycles. The second-order valence-electron chi connectivity index (χ2n) is 10.4. The molecule has 2 bridgehead atoms. The lowest BCUT2D eigenvalue weighted by Gasteiger charge is -2.39. The highest BCUT2D eigenvalue weighted by Gasteiger charge is 2.66. The first-order valence-electron chi connectivity index (χ1n) is 9.05. The van der Waals surface area contributed by atoms with Crippen molar-refractivity contribution >= 4 is 5.78 Å². The minimum Gasteiger partial charge on any atom is -0.371 e. The fourth-order valence-corrected chi connectivity index (χ4v) is 6.62. The van der Waals surface area contributed by atoms with Crippen molar-refractivity contribution < 1.29 is 4.79 Å². The number of Topliss-reactive ketones (excluding diaryl/α,β-unsaturated/α-hetero) is 1. The lowest BCUT2D eigenvalue weighted by atomic mass is 9.65. The molecule has 1 aliphatic heterocycles. The van der Waals surface area contributed by atoms with Crippen molar-refractivity contribution in [3.8, 4) is 0 Å². The van der Waals surface area contributed by atoms with E-state index in [9.17, 15) is 4.79 Å². The van der Waals surface area contributed by atoms with Crippen LogP contribution in [0.4, 0.5) is 0 Å². The first-order valence-corrected chi connectivity index (χ1v) is 9.05. The average molecular weight is 301 g/mol. The summed E-state index contributed by atoms with van der Waals surface area (Å²) in [4.78, 5) is 15.1. The van der Waals surface area contributed by atoms with Gasteiger partial charge in [0.15, 0.2) is 5.78 Å². The quantitative estimate of drug-likeness (QED) is 0.669. The van der Waals surface area contributed by atoms with Crippen LogP contribution in [0.1, 0.15) is 67.2 Å². The van der Waals surface area contributed by atoms with Crippen molar-refractivity contribution in [3.05, 3.63) is 11.3 Å². The van der Waals surface area contributed by atoms with E-state index in [-0.39, 0.29) is 0 Å². The molecule has 0 aromatic rings. The Hall–Kier alpha value is -0.790. The number of likely N-dealkylation sites (tertiary alicyclic amines) is 1. The Morgan fingerprint density at radius 2 is 1.82 bits per heavy atom. The van der Waals surface area contributed by atoms with Gasteiger partial charge < -0.3 is 4.90 Å². The Kier molecular flexibility index (Phi) is 2.68.